The molecule has 0 fully saturated rings. The second kappa shape index (κ2) is 14.7. The van der Waals surface area contributed by atoms with Crippen molar-refractivity contribution in [3.63, 3.8) is 0 Å². The van der Waals surface area contributed by atoms with Crippen molar-refractivity contribution >= 4 is 25.1 Å². The van der Waals surface area contributed by atoms with Crippen molar-refractivity contribution < 1.29 is 21.7 Å². The Balaban J connectivity index is 0. The molecule has 0 aromatic heterocycles. The van der Waals surface area contributed by atoms with Crippen LogP contribution in [0.4, 0.5) is 0 Å². The third-order valence-corrected chi connectivity index (χ3v) is 1.11. The smallest absolute Gasteiger partial charge is 0.214 e. The summed E-state index contributed by atoms with van der Waals surface area (Å²) in [5, 5.41) is 0. The molecule has 2 aromatic rings. The maximum Gasteiger partial charge on any atom is 2.00 e. The van der Waals surface area contributed by atoms with E-state index in [2.05, 4.69) is 25.1 Å². The Labute approximate surface area is 107 Å². The Kier molecular flexibility index (Phi) is 17.7. The van der Waals surface area contributed by atoms with Crippen LogP contribution in [0.2, 0.25) is 0 Å². The van der Waals surface area contributed by atoms with Crippen molar-refractivity contribution in [1.82, 2.24) is 0 Å². The molecule has 0 heterocycles. The number of halogens is 2. The molecule has 0 aliphatic carbocycles. The van der Waals surface area contributed by atoms with Gasteiger partial charge in [0.1, 0.15) is 0 Å². The minimum absolute atomic E-state index is 0. The van der Waals surface area contributed by atoms with E-state index in [1.54, 1.807) is 0 Å². The van der Waals surface area contributed by atoms with Gasteiger partial charge in [0.05, 0.1) is 0 Å². The van der Waals surface area contributed by atoms with Gasteiger partial charge in [0.2, 0.25) is 0 Å². The van der Waals surface area contributed by atoms with Crippen LogP contribution < -0.4 is 0 Å². The summed E-state index contributed by atoms with van der Waals surface area (Å²) >= 11 is 2.41. The van der Waals surface area contributed by atoms with E-state index in [0.29, 0.717) is 0 Å². The summed E-state index contributed by atoms with van der Waals surface area (Å²) < 4.78 is 0. The van der Waals surface area contributed by atoms with Gasteiger partial charge in [-0.15, -0.1) is 0 Å². The molecule has 0 amide bonds. The SMILES string of the molecule is ClBr.[Ti+2].c1cc[cH-]c1.c1cc[cH-]c1. The number of hydrogen-bond donors (Lipinski definition) is 0. The predicted molar refractivity (Wildman–Crippen MR) is 58.9 cm³/mol. The fourth-order valence-electron chi connectivity index (χ4n) is 0.642. The van der Waals surface area contributed by atoms with Crippen LogP contribution >= 0.6 is 25.1 Å². The van der Waals surface area contributed by atoms with Crippen LogP contribution in [0.25, 0.3) is 0 Å². The Hall–Kier alpha value is 0.184. The topological polar surface area (TPSA) is 0 Å². The van der Waals surface area contributed by atoms with Gasteiger partial charge in [-0.1, -0.05) is 0 Å². The summed E-state index contributed by atoms with van der Waals surface area (Å²) in [5.74, 6) is 0. The largest absolute Gasteiger partial charge is 2.00 e. The molecule has 0 spiro atoms. The van der Waals surface area contributed by atoms with Gasteiger partial charge in [0, 0.05) is 15.0 Å². The molecule has 2 rings (SSSR count). The fraction of sp³-hybridized carbons (Fsp3) is 0. The third-order valence-electron chi connectivity index (χ3n) is 1.11. The van der Waals surface area contributed by atoms with Gasteiger partial charge >= 0.3 is 21.7 Å². The van der Waals surface area contributed by atoms with Crippen LogP contribution in [-0.4, -0.2) is 0 Å². The average Bonchev–Trinajstić information content (AvgIpc) is 2.87. The van der Waals surface area contributed by atoms with Gasteiger partial charge in [-0.25, -0.2) is 24.3 Å². The zero-order valence-corrected chi connectivity index (χ0v) is 10.9. The Bertz CT molecular complexity index is 154. The predicted octanol–water partition coefficient (Wildman–Crippen LogP) is 4.34. The van der Waals surface area contributed by atoms with Crippen molar-refractivity contribution in [2.24, 2.45) is 0 Å². The van der Waals surface area contributed by atoms with Gasteiger partial charge in [0.15, 0.2) is 0 Å². The van der Waals surface area contributed by atoms with Crippen LogP contribution in [-0.2, 0) is 21.7 Å². The molecule has 0 radical (unpaired) electrons. The van der Waals surface area contributed by atoms with Crippen LogP contribution in [0.15, 0.2) is 60.7 Å². The van der Waals surface area contributed by atoms with E-state index in [9.17, 15) is 0 Å². The first-order chi connectivity index (χ1) is 6.00. The molecule has 0 aliphatic heterocycles. The van der Waals surface area contributed by atoms with Crippen molar-refractivity contribution in [2.75, 3.05) is 0 Å². The van der Waals surface area contributed by atoms with E-state index < -0.39 is 0 Å². The normalized spacial score (nSPS) is 6.62. The van der Waals surface area contributed by atoms with Crippen molar-refractivity contribution in [3.8, 4) is 0 Å². The number of hydrogen-bond acceptors (Lipinski definition) is 0. The molecule has 0 saturated carbocycles. The van der Waals surface area contributed by atoms with E-state index in [0.717, 1.165) is 0 Å². The summed E-state index contributed by atoms with van der Waals surface area (Å²) in [6.07, 6.45) is 0. The molecule has 2 aromatic carbocycles. The molecule has 0 bridgehead atoms. The van der Waals surface area contributed by atoms with Crippen molar-refractivity contribution in [2.45, 2.75) is 0 Å². The molecule has 0 saturated heterocycles. The maximum absolute atomic E-state index is 4.45. The van der Waals surface area contributed by atoms with Crippen LogP contribution in [0.3, 0.4) is 0 Å². The molecular weight excluding hydrogens is 283 g/mol. The van der Waals surface area contributed by atoms with Gasteiger partial charge in [-0.05, 0) is 10.1 Å². The van der Waals surface area contributed by atoms with E-state index >= 15 is 0 Å². The van der Waals surface area contributed by atoms with E-state index in [-0.39, 0.29) is 21.7 Å². The molecule has 0 atom stereocenters. The maximum atomic E-state index is 4.45. The summed E-state index contributed by atoms with van der Waals surface area (Å²) in [7, 11) is 4.45. The van der Waals surface area contributed by atoms with Gasteiger partial charge in [-0.3, -0.25) is 0 Å². The quantitative estimate of drug-likeness (QED) is 0.500. The van der Waals surface area contributed by atoms with Crippen LogP contribution in [0.5, 0.6) is 0 Å². The van der Waals surface area contributed by atoms with E-state index in [4.69, 9.17) is 0 Å². The molecule has 0 aliphatic rings. The van der Waals surface area contributed by atoms with Crippen LogP contribution in [0, 0.1) is 0 Å². The van der Waals surface area contributed by atoms with Crippen molar-refractivity contribution in [1.29, 1.82) is 0 Å². The van der Waals surface area contributed by atoms with Gasteiger partial charge in [-0.2, -0.15) is 36.4 Å². The summed E-state index contributed by atoms with van der Waals surface area (Å²) in [4.78, 5) is 0. The molecule has 3 heteroatoms. The van der Waals surface area contributed by atoms with E-state index in [1.165, 1.54) is 0 Å². The monoisotopic (exact) mass is 292 g/mol. The van der Waals surface area contributed by atoms with Crippen molar-refractivity contribution in [3.05, 3.63) is 60.7 Å². The molecule has 0 unspecified atom stereocenters. The van der Waals surface area contributed by atoms with Crippen LogP contribution in [0.1, 0.15) is 0 Å². The summed E-state index contributed by atoms with van der Waals surface area (Å²) in [5.41, 5.74) is 0. The molecule has 13 heavy (non-hydrogen) atoms. The Morgan fingerprint density at radius 3 is 1.00 bits per heavy atom. The first-order valence-corrected chi connectivity index (χ1v) is 5.56. The third kappa shape index (κ3) is 12.2. The first kappa shape index (κ1) is 15.6. The van der Waals surface area contributed by atoms with Gasteiger partial charge < -0.3 is 0 Å². The fourth-order valence-corrected chi connectivity index (χ4v) is 0.642. The molecule has 68 valence electrons. The first-order valence-electron chi connectivity index (χ1n) is 3.48. The number of rotatable bonds is 0. The Morgan fingerprint density at radius 2 is 0.923 bits per heavy atom. The zero-order valence-electron chi connectivity index (χ0n) is 7.03. The van der Waals surface area contributed by atoms with Gasteiger partial charge in [0.25, 0.3) is 0 Å². The average molecular weight is 293 g/mol. The minimum Gasteiger partial charge on any atom is -0.214 e. The minimum atomic E-state index is 0. The second-order valence-corrected chi connectivity index (χ2v) is 1.92. The summed E-state index contributed by atoms with van der Waals surface area (Å²) in [6, 6.07) is 20.0. The summed E-state index contributed by atoms with van der Waals surface area (Å²) in [6.45, 7) is 0. The molecule has 0 nitrogen and oxygen atoms in total. The standard InChI is InChI=1S/2C5H5.BrCl.Ti/c2*1-2-4-5-3-1;1-2;/h2*1-5H;;/q2*-1;;+2. The molecular formula is C10H10BrClTi. The molecule has 0 N–H and O–H groups in total. The van der Waals surface area contributed by atoms with E-state index in [1.807, 2.05) is 60.7 Å². The Morgan fingerprint density at radius 1 is 0.692 bits per heavy atom. The zero-order chi connectivity index (χ0) is 9.07. The second-order valence-electron chi connectivity index (χ2n) is 1.92.